The van der Waals surface area contributed by atoms with Gasteiger partial charge in [-0.3, -0.25) is 19.1 Å². The summed E-state index contributed by atoms with van der Waals surface area (Å²) in [4.78, 5) is 68.5. The maximum absolute atomic E-state index is 14.7. The molecule has 4 heterocycles. The van der Waals surface area contributed by atoms with E-state index in [4.69, 9.17) is 19.4 Å². The van der Waals surface area contributed by atoms with E-state index >= 15 is 0 Å². The van der Waals surface area contributed by atoms with Crippen LogP contribution in [0.5, 0.6) is 5.88 Å². The van der Waals surface area contributed by atoms with Gasteiger partial charge in [0, 0.05) is 12.3 Å². The lowest BCUT2D eigenvalue weighted by Gasteiger charge is -2.30. The number of benzene rings is 2. The number of hydrogen-bond acceptors (Lipinski definition) is 11. The molecule has 8 rings (SSSR count). The summed E-state index contributed by atoms with van der Waals surface area (Å²) in [5, 5.41) is 7.66. The molecule has 2 aromatic carbocycles. The fraction of sp³-hybridized carbons (Fsp3) is 0.442. The molecule has 0 spiro atoms. The highest BCUT2D eigenvalue weighted by Crippen LogP contribution is 2.46. The predicted molar refractivity (Wildman–Crippen MR) is 221 cm³/mol. The monoisotopic (exact) mass is 840 g/mol. The summed E-state index contributed by atoms with van der Waals surface area (Å²) in [5.74, 6) is -2.61. The number of carbonyl (C=O) groups excluding carboxylic acids is 4. The lowest BCUT2D eigenvalue weighted by molar-refractivity contribution is -0.141. The van der Waals surface area contributed by atoms with Crippen molar-refractivity contribution in [3.63, 3.8) is 0 Å². The average Bonchev–Trinajstić information content (AvgIpc) is 3.71. The van der Waals surface area contributed by atoms with Crippen LogP contribution in [0, 0.1) is 5.92 Å². The summed E-state index contributed by atoms with van der Waals surface area (Å²) < 4.78 is 41.1. The van der Waals surface area contributed by atoms with Gasteiger partial charge in [0.05, 0.1) is 28.2 Å². The zero-order valence-electron chi connectivity index (χ0n) is 32.6. The maximum Gasteiger partial charge on any atom is 0.408 e. The third kappa shape index (κ3) is 9.43. The number of ether oxygens (including phenoxy) is 2. The number of thiophene rings is 1. The summed E-state index contributed by atoms with van der Waals surface area (Å²) in [5.41, 5.74) is 0.746. The lowest BCUT2D eigenvalue weighted by atomic mass is 10.0. The van der Waals surface area contributed by atoms with Crippen LogP contribution in [0.3, 0.4) is 0 Å². The highest BCUT2D eigenvalue weighted by atomic mass is 32.2. The molecule has 0 radical (unpaired) electrons. The van der Waals surface area contributed by atoms with Crippen molar-refractivity contribution >= 4 is 56.2 Å². The maximum atomic E-state index is 14.7. The molecular formula is C43H48N6O8S2. The molecule has 3 N–H and O–H groups in total. The standard InChI is InChI=1S/C43H48N6O8S2/c50-38-35-24-31(56-39-37(36-22-13-23-58-36)44-32-19-11-12-20-33(32)45-39)26-49(35)40(51)34(46-42(53)57-30-17-9-10-18-30)21-8-3-1-2-7-16-29-25-43(29,47-38)41(52)48-59(54,55)27-28-14-5-4-6-15-28/h4-7,11-16,19-20,22-23,29-31,34-35H,1-3,8-10,17-18,21,24-27H2,(H,46,53)(H,47,50)(H,48,52)/b16-7-/t29-,31+,34-,35+,43+/m1/s1. The smallest absolute Gasteiger partial charge is 0.408 e. The second-order valence-electron chi connectivity index (χ2n) is 15.8. The van der Waals surface area contributed by atoms with E-state index in [1.54, 1.807) is 30.3 Å². The van der Waals surface area contributed by atoms with Gasteiger partial charge < -0.3 is 25.0 Å². The molecule has 16 heteroatoms. The van der Waals surface area contributed by atoms with Gasteiger partial charge in [0.2, 0.25) is 27.7 Å². The van der Waals surface area contributed by atoms with Crippen LogP contribution in [-0.2, 0) is 34.9 Å². The van der Waals surface area contributed by atoms with Crippen LogP contribution >= 0.6 is 11.3 Å². The molecule has 2 aliphatic heterocycles. The topological polar surface area (TPSA) is 186 Å². The van der Waals surface area contributed by atoms with E-state index in [1.807, 2.05) is 53.9 Å². The van der Waals surface area contributed by atoms with E-state index in [9.17, 15) is 27.6 Å². The highest BCUT2D eigenvalue weighted by Gasteiger charge is 2.61. The van der Waals surface area contributed by atoms with Gasteiger partial charge >= 0.3 is 6.09 Å². The number of nitrogens with zero attached hydrogens (tertiary/aromatic N) is 3. The van der Waals surface area contributed by atoms with Crippen LogP contribution in [0.4, 0.5) is 4.79 Å². The van der Waals surface area contributed by atoms with Crippen LogP contribution in [0.2, 0.25) is 0 Å². The van der Waals surface area contributed by atoms with Gasteiger partial charge in [0.1, 0.15) is 35.5 Å². The zero-order chi connectivity index (χ0) is 41.0. The molecule has 0 unspecified atom stereocenters. The largest absolute Gasteiger partial charge is 0.471 e. The number of carbonyl (C=O) groups is 4. The van der Waals surface area contributed by atoms with Crippen LogP contribution in [-0.4, -0.2) is 83.5 Å². The quantitative estimate of drug-likeness (QED) is 0.174. The van der Waals surface area contributed by atoms with Crippen LogP contribution < -0.4 is 20.1 Å². The minimum absolute atomic E-state index is 0.0275. The van der Waals surface area contributed by atoms with E-state index in [1.165, 1.54) is 16.2 Å². The first kappa shape index (κ1) is 40.4. The van der Waals surface area contributed by atoms with Gasteiger partial charge in [0.15, 0.2) is 0 Å². The van der Waals surface area contributed by atoms with E-state index in [0.29, 0.717) is 41.6 Å². The van der Waals surface area contributed by atoms with Crippen molar-refractivity contribution in [2.24, 2.45) is 5.92 Å². The van der Waals surface area contributed by atoms with Crippen molar-refractivity contribution < 1.29 is 37.1 Å². The Morgan fingerprint density at radius 3 is 2.41 bits per heavy atom. The first-order valence-corrected chi connectivity index (χ1v) is 22.9. The van der Waals surface area contributed by atoms with E-state index in [0.717, 1.165) is 43.4 Å². The number of rotatable bonds is 9. The van der Waals surface area contributed by atoms with E-state index in [-0.39, 0.29) is 31.4 Å². The number of amides is 4. The van der Waals surface area contributed by atoms with Crippen molar-refractivity contribution in [1.29, 1.82) is 0 Å². The fourth-order valence-corrected chi connectivity index (χ4v) is 10.2. The second-order valence-corrected chi connectivity index (χ2v) is 18.5. The van der Waals surface area contributed by atoms with Gasteiger partial charge in [-0.15, -0.1) is 11.3 Å². The number of hydrogen-bond donors (Lipinski definition) is 3. The third-order valence-electron chi connectivity index (χ3n) is 11.5. The Labute approximate surface area is 347 Å². The Kier molecular flexibility index (Phi) is 12.0. The van der Waals surface area contributed by atoms with Crippen LogP contribution in [0.15, 0.2) is 84.3 Å². The average molecular weight is 841 g/mol. The first-order chi connectivity index (χ1) is 28.6. The number of nitrogens with one attached hydrogen (secondary N) is 3. The number of alkyl carbamates (subject to hydrolysis) is 1. The predicted octanol–water partition coefficient (Wildman–Crippen LogP) is 5.79. The summed E-state index contributed by atoms with van der Waals surface area (Å²) in [7, 11) is -4.14. The molecule has 3 fully saturated rings. The first-order valence-electron chi connectivity index (χ1n) is 20.4. The molecule has 310 valence electrons. The van der Waals surface area contributed by atoms with E-state index in [2.05, 4.69) is 15.4 Å². The Hall–Kier alpha value is -5.35. The van der Waals surface area contributed by atoms with Crippen molar-refractivity contribution in [2.45, 2.75) is 106 Å². The molecule has 2 aliphatic carbocycles. The normalized spacial score (nSPS) is 25.8. The molecule has 4 amide bonds. The van der Waals surface area contributed by atoms with Crippen molar-refractivity contribution in [3.8, 4) is 16.5 Å². The summed E-state index contributed by atoms with van der Waals surface area (Å²) >= 11 is 1.48. The zero-order valence-corrected chi connectivity index (χ0v) is 34.2. The Morgan fingerprint density at radius 2 is 1.64 bits per heavy atom. The molecule has 5 atom stereocenters. The van der Waals surface area contributed by atoms with Gasteiger partial charge in [-0.25, -0.2) is 23.2 Å². The van der Waals surface area contributed by atoms with Crippen molar-refractivity contribution in [1.82, 2.24) is 30.2 Å². The fourth-order valence-electron chi connectivity index (χ4n) is 8.36. The molecule has 4 aromatic rings. The van der Waals surface area contributed by atoms with Gasteiger partial charge in [-0.1, -0.05) is 73.5 Å². The number of aromatic nitrogens is 2. The number of fused-ring (bicyclic) bond motifs is 3. The molecule has 2 saturated carbocycles. The Balaban J connectivity index is 1.09. The lowest BCUT2D eigenvalue weighted by Crippen LogP contribution is -2.58. The number of allylic oxidation sites excluding steroid dienone is 1. The number of para-hydroxylation sites is 2. The summed E-state index contributed by atoms with van der Waals surface area (Å²) in [6.07, 6.45) is 9.05. The second kappa shape index (κ2) is 17.5. The van der Waals surface area contributed by atoms with Crippen molar-refractivity contribution in [3.05, 3.63) is 89.8 Å². The minimum atomic E-state index is -4.14. The highest BCUT2D eigenvalue weighted by molar-refractivity contribution is 7.89. The van der Waals surface area contributed by atoms with Gasteiger partial charge in [-0.05, 0) is 80.5 Å². The van der Waals surface area contributed by atoms with Crippen LogP contribution in [0.25, 0.3) is 21.6 Å². The van der Waals surface area contributed by atoms with Gasteiger partial charge in [0.25, 0.3) is 5.91 Å². The Bertz CT molecular complexity index is 2320. The number of sulfonamides is 1. The van der Waals surface area contributed by atoms with E-state index < -0.39 is 69.2 Å². The summed E-state index contributed by atoms with van der Waals surface area (Å²) in [6.45, 7) is -0.0286. The summed E-state index contributed by atoms with van der Waals surface area (Å²) in [6, 6.07) is 17.6. The molecular weight excluding hydrogens is 793 g/mol. The van der Waals surface area contributed by atoms with Crippen LogP contribution in [0.1, 0.15) is 76.2 Å². The molecule has 0 bridgehead atoms. The molecule has 2 aromatic heterocycles. The molecule has 14 nitrogen and oxygen atoms in total. The third-order valence-corrected chi connectivity index (χ3v) is 13.6. The van der Waals surface area contributed by atoms with Crippen molar-refractivity contribution in [2.75, 3.05) is 6.54 Å². The molecule has 4 aliphatic rings. The molecule has 59 heavy (non-hydrogen) atoms. The Morgan fingerprint density at radius 1 is 0.898 bits per heavy atom. The van der Waals surface area contributed by atoms with Gasteiger partial charge in [-0.2, -0.15) is 0 Å². The molecule has 1 saturated heterocycles. The minimum Gasteiger partial charge on any atom is -0.471 e. The SMILES string of the molecule is O=C(N[C@@H]1CCCCC/C=C\[C@@H]2C[C@]2(C(=O)NS(=O)(=O)Cc2ccccc2)NC(=O)[C@@H]2C[C@H](Oc3nc4ccccc4nc3-c3cccs3)CN2C1=O)OC1CCCC1.